The Bertz CT molecular complexity index is 1650. The first-order valence-electron chi connectivity index (χ1n) is 12.2. The number of aliphatic carboxylic acids is 1. The predicted octanol–water partition coefficient (Wildman–Crippen LogP) is 7.96. The number of ether oxygens (including phenoxy) is 1. The Morgan fingerprint density at radius 1 is 0.947 bits per heavy atom. The Morgan fingerprint density at radius 2 is 1.68 bits per heavy atom. The minimum Gasteiger partial charge on any atom is -0.478 e. The van der Waals surface area contributed by atoms with Crippen molar-refractivity contribution in [1.82, 2.24) is 10.2 Å². The monoisotopic (exact) mass is 504 g/mol. The maximum absolute atomic E-state index is 15.3. The van der Waals surface area contributed by atoms with Crippen molar-refractivity contribution in [2.45, 2.75) is 13.3 Å². The number of carboxylic acid groups (broad SMARTS) is 1. The molecule has 2 N–H and O–H groups in total. The van der Waals surface area contributed by atoms with Gasteiger partial charge in [0.25, 0.3) is 0 Å². The minimum absolute atomic E-state index is 0.159. The second-order valence-electron chi connectivity index (χ2n) is 8.73. The van der Waals surface area contributed by atoms with E-state index in [-0.39, 0.29) is 5.75 Å². The summed E-state index contributed by atoms with van der Waals surface area (Å²) in [5.74, 6) is -0.725. The molecule has 1 aromatic heterocycles. The fourth-order valence-corrected chi connectivity index (χ4v) is 4.45. The molecule has 0 radical (unpaired) electrons. The number of hydrogen-bond acceptors (Lipinski definition) is 3. The second-order valence-corrected chi connectivity index (χ2v) is 8.73. The molecule has 0 amide bonds. The van der Waals surface area contributed by atoms with Crippen LogP contribution in [0.5, 0.6) is 11.5 Å². The van der Waals surface area contributed by atoms with E-state index in [1.54, 1.807) is 30.5 Å². The van der Waals surface area contributed by atoms with Gasteiger partial charge in [0.2, 0.25) is 0 Å². The summed E-state index contributed by atoms with van der Waals surface area (Å²) in [6.07, 6.45) is 5.08. The third kappa shape index (κ3) is 5.39. The number of H-pyrrole nitrogens is 1. The van der Waals surface area contributed by atoms with Crippen LogP contribution in [0, 0.1) is 5.82 Å². The molecule has 4 aromatic carbocycles. The maximum Gasteiger partial charge on any atom is 0.328 e. The van der Waals surface area contributed by atoms with Gasteiger partial charge in [-0.25, -0.2) is 9.18 Å². The minimum atomic E-state index is -1.00. The van der Waals surface area contributed by atoms with Gasteiger partial charge in [-0.2, -0.15) is 5.10 Å². The van der Waals surface area contributed by atoms with Crippen LogP contribution in [0.1, 0.15) is 35.6 Å². The molecule has 0 unspecified atom stereocenters. The largest absolute Gasteiger partial charge is 0.478 e. The van der Waals surface area contributed by atoms with Crippen LogP contribution in [0.15, 0.2) is 103 Å². The van der Waals surface area contributed by atoms with Gasteiger partial charge in [-0.3, -0.25) is 5.10 Å². The lowest BCUT2D eigenvalue weighted by Gasteiger charge is -2.17. The lowest BCUT2D eigenvalue weighted by atomic mass is 9.87. The summed E-state index contributed by atoms with van der Waals surface area (Å²) in [7, 11) is 0. The fraction of sp³-hybridized carbons (Fsp3) is 0.0625. The Balaban J connectivity index is 1.62. The van der Waals surface area contributed by atoms with Gasteiger partial charge in [-0.05, 0) is 82.3 Å². The van der Waals surface area contributed by atoms with E-state index in [0.717, 1.165) is 50.4 Å². The molecule has 6 heteroatoms. The first kappa shape index (κ1) is 24.7. The summed E-state index contributed by atoms with van der Waals surface area (Å²) in [4.78, 5) is 10.9. The predicted molar refractivity (Wildman–Crippen MR) is 148 cm³/mol. The molecule has 1 heterocycles. The highest BCUT2D eigenvalue weighted by Crippen LogP contribution is 2.37. The van der Waals surface area contributed by atoms with Crippen molar-refractivity contribution in [2.24, 2.45) is 0 Å². The van der Waals surface area contributed by atoms with Gasteiger partial charge in [0.15, 0.2) is 11.6 Å². The molecule has 38 heavy (non-hydrogen) atoms. The van der Waals surface area contributed by atoms with Gasteiger partial charge in [0.1, 0.15) is 5.75 Å². The number of para-hydroxylation sites is 1. The van der Waals surface area contributed by atoms with Gasteiger partial charge in [0, 0.05) is 11.5 Å². The highest BCUT2D eigenvalue weighted by Gasteiger charge is 2.16. The summed E-state index contributed by atoms with van der Waals surface area (Å²) in [5, 5.41) is 17.0. The molecule has 5 nitrogen and oxygen atoms in total. The van der Waals surface area contributed by atoms with Crippen LogP contribution in [-0.4, -0.2) is 21.3 Å². The average Bonchev–Trinajstić information content (AvgIpc) is 3.41. The van der Waals surface area contributed by atoms with Gasteiger partial charge in [-0.1, -0.05) is 61.5 Å². The molecule has 0 saturated heterocycles. The Morgan fingerprint density at radius 3 is 2.39 bits per heavy atom. The zero-order valence-corrected chi connectivity index (χ0v) is 20.7. The summed E-state index contributed by atoms with van der Waals surface area (Å²) < 4.78 is 21.0. The summed E-state index contributed by atoms with van der Waals surface area (Å²) in [6.45, 7) is 2.04. The lowest BCUT2D eigenvalue weighted by molar-refractivity contribution is -0.131. The van der Waals surface area contributed by atoms with Crippen molar-refractivity contribution >= 4 is 34.1 Å². The molecule has 0 aliphatic heterocycles. The van der Waals surface area contributed by atoms with E-state index in [1.807, 2.05) is 67.6 Å². The van der Waals surface area contributed by atoms with Gasteiger partial charge in [-0.15, -0.1) is 0 Å². The lowest BCUT2D eigenvalue weighted by Crippen LogP contribution is -1.97. The van der Waals surface area contributed by atoms with Crippen LogP contribution in [-0.2, 0) is 4.79 Å². The first-order chi connectivity index (χ1) is 18.5. The van der Waals surface area contributed by atoms with Crippen LogP contribution < -0.4 is 4.74 Å². The molecule has 0 atom stereocenters. The summed E-state index contributed by atoms with van der Waals surface area (Å²) in [5.41, 5.74) is 6.27. The van der Waals surface area contributed by atoms with Gasteiger partial charge in [0.05, 0.1) is 11.7 Å². The fourth-order valence-electron chi connectivity index (χ4n) is 4.45. The van der Waals surface area contributed by atoms with E-state index in [9.17, 15) is 4.79 Å². The van der Waals surface area contributed by atoms with Crippen molar-refractivity contribution in [1.29, 1.82) is 0 Å². The molecule has 0 spiro atoms. The van der Waals surface area contributed by atoms with Crippen molar-refractivity contribution < 1.29 is 19.0 Å². The van der Waals surface area contributed by atoms with E-state index in [4.69, 9.17) is 9.84 Å². The van der Waals surface area contributed by atoms with E-state index < -0.39 is 11.8 Å². The smallest absolute Gasteiger partial charge is 0.328 e. The molecule has 5 aromatic rings. The number of carbonyl (C=O) groups is 1. The SMILES string of the molecule is CCC(=C(c1ccc(C=CC(=O)O)cc1)c1ccc2[nH]ncc2c1)c1ccc(Oc2ccccc2)c(F)c1. The number of hydrogen-bond donors (Lipinski definition) is 2. The van der Waals surface area contributed by atoms with Gasteiger partial charge >= 0.3 is 5.97 Å². The zero-order valence-electron chi connectivity index (χ0n) is 20.7. The third-order valence-corrected chi connectivity index (χ3v) is 6.25. The number of nitrogens with zero attached hydrogens (tertiary/aromatic N) is 1. The number of carboxylic acids is 1. The molecule has 188 valence electrons. The molecule has 5 rings (SSSR count). The molecular weight excluding hydrogens is 479 g/mol. The Labute approximate surface area is 219 Å². The van der Waals surface area contributed by atoms with Crippen LogP contribution >= 0.6 is 0 Å². The first-order valence-corrected chi connectivity index (χ1v) is 12.2. The number of rotatable bonds is 8. The van der Waals surface area contributed by atoms with Gasteiger partial charge < -0.3 is 9.84 Å². The molecule has 0 fully saturated rings. The highest BCUT2D eigenvalue weighted by molar-refractivity contribution is 6.00. The number of halogens is 1. The number of aromatic nitrogens is 2. The number of nitrogens with one attached hydrogen (secondary N) is 1. The van der Waals surface area contributed by atoms with E-state index in [0.29, 0.717) is 12.2 Å². The standard InChI is InChI=1S/C32H25FN2O3/c1-2-27(23-14-16-30(28(33)19-23)38-26-6-4-3-5-7-26)32(24-13-15-29-25(18-24)20-34-35-29)22-11-8-21(9-12-22)10-17-31(36)37/h3-20H,2H2,1H3,(H,34,35)(H,36,37). The zero-order chi connectivity index (χ0) is 26.5. The van der Waals surface area contributed by atoms with Crippen LogP contribution in [0.2, 0.25) is 0 Å². The van der Waals surface area contributed by atoms with Crippen molar-refractivity contribution in [3.05, 3.63) is 131 Å². The average molecular weight is 505 g/mol. The Hall–Kier alpha value is -4.97. The van der Waals surface area contributed by atoms with E-state index in [1.165, 1.54) is 6.07 Å². The van der Waals surface area contributed by atoms with Crippen molar-refractivity contribution in [3.8, 4) is 11.5 Å². The summed E-state index contributed by atoms with van der Waals surface area (Å²) in [6, 6.07) is 27.9. The molecule has 0 bridgehead atoms. The number of fused-ring (bicyclic) bond motifs is 1. The van der Waals surface area contributed by atoms with Crippen molar-refractivity contribution in [2.75, 3.05) is 0 Å². The van der Waals surface area contributed by atoms with Crippen LogP contribution in [0.3, 0.4) is 0 Å². The molecule has 0 saturated carbocycles. The quantitative estimate of drug-likeness (QED) is 0.166. The van der Waals surface area contributed by atoms with E-state index >= 15 is 4.39 Å². The van der Waals surface area contributed by atoms with Crippen molar-refractivity contribution in [3.63, 3.8) is 0 Å². The van der Waals surface area contributed by atoms with Crippen LogP contribution in [0.4, 0.5) is 4.39 Å². The highest BCUT2D eigenvalue weighted by atomic mass is 19.1. The van der Waals surface area contributed by atoms with E-state index in [2.05, 4.69) is 16.3 Å². The topological polar surface area (TPSA) is 75.2 Å². The van der Waals surface area contributed by atoms with Crippen LogP contribution in [0.25, 0.3) is 28.1 Å². The number of benzene rings is 4. The normalized spacial score (nSPS) is 12.1. The number of aromatic amines is 1. The third-order valence-electron chi connectivity index (χ3n) is 6.25. The molecule has 0 aliphatic rings. The molecule has 0 aliphatic carbocycles. The molecular formula is C32H25FN2O3. The number of allylic oxidation sites excluding steroid dienone is 1. The second kappa shape index (κ2) is 11.0. The summed E-state index contributed by atoms with van der Waals surface area (Å²) >= 11 is 0. The maximum atomic E-state index is 15.3. The Kier molecular flexibility index (Phi) is 7.13.